The first kappa shape index (κ1) is 15.4. The van der Waals surface area contributed by atoms with E-state index in [1.165, 1.54) is 0 Å². The van der Waals surface area contributed by atoms with Crippen molar-refractivity contribution in [2.75, 3.05) is 0 Å². The second-order valence-corrected chi connectivity index (χ2v) is 5.84. The van der Waals surface area contributed by atoms with Gasteiger partial charge in [0.2, 0.25) is 0 Å². The Hall–Kier alpha value is -2.04. The van der Waals surface area contributed by atoms with E-state index < -0.39 is 5.97 Å². The van der Waals surface area contributed by atoms with Crippen molar-refractivity contribution in [2.24, 2.45) is 0 Å². The van der Waals surface area contributed by atoms with Gasteiger partial charge in [0.05, 0.1) is 5.56 Å². The molecule has 2 rings (SSSR count). The molecule has 2 amide bonds. The number of benzene rings is 1. The van der Waals surface area contributed by atoms with Crippen molar-refractivity contribution in [3.05, 3.63) is 34.9 Å². The highest BCUT2D eigenvalue weighted by Crippen LogP contribution is 2.25. The SMILES string of the molecule is CCC(C)(CC)NC(=O)N1Cc2ccc(C(=O)O)cc2C1. The van der Waals surface area contributed by atoms with E-state index in [0.717, 1.165) is 24.0 Å². The number of nitrogens with one attached hydrogen (secondary N) is 1. The van der Waals surface area contributed by atoms with Gasteiger partial charge >= 0.3 is 12.0 Å². The molecule has 0 atom stereocenters. The third-order valence-electron chi connectivity index (χ3n) is 4.43. The van der Waals surface area contributed by atoms with Gasteiger partial charge in [-0.05, 0) is 43.0 Å². The van der Waals surface area contributed by atoms with Gasteiger partial charge in [-0.25, -0.2) is 9.59 Å². The molecule has 0 spiro atoms. The first-order chi connectivity index (χ1) is 9.88. The van der Waals surface area contributed by atoms with Crippen LogP contribution in [0.3, 0.4) is 0 Å². The van der Waals surface area contributed by atoms with Crippen LogP contribution in [0.1, 0.15) is 55.1 Å². The van der Waals surface area contributed by atoms with E-state index in [9.17, 15) is 9.59 Å². The summed E-state index contributed by atoms with van der Waals surface area (Å²) in [5.74, 6) is -0.940. The van der Waals surface area contributed by atoms with E-state index in [2.05, 4.69) is 19.2 Å². The summed E-state index contributed by atoms with van der Waals surface area (Å²) in [6, 6.07) is 4.95. The molecule has 0 radical (unpaired) electrons. The van der Waals surface area contributed by atoms with Crippen molar-refractivity contribution < 1.29 is 14.7 Å². The van der Waals surface area contributed by atoms with E-state index in [-0.39, 0.29) is 17.1 Å². The number of urea groups is 1. The van der Waals surface area contributed by atoms with Crippen LogP contribution in [0.2, 0.25) is 0 Å². The molecular formula is C16H22N2O3. The van der Waals surface area contributed by atoms with Gasteiger partial charge in [0, 0.05) is 18.6 Å². The average molecular weight is 290 g/mol. The summed E-state index contributed by atoms with van der Waals surface area (Å²) >= 11 is 0. The van der Waals surface area contributed by atoms with Gasteiger partial charge in [-0.2, -0.15) is 0 Å². The second kappa shape index (κ2) is 5.76. The number of carbonyl (C=O) groups is 2. The minimum Gasteiger partial charge on any atom is -0.478 e. The van der Waals surface area contributed by atoms with Gasteiger partial charge in [-0.3, -0.25) is 0 Å². The number of carboxylic acid groups (broad SMARTS) is 1. The molecule has 0 aromatic heterocycles. The van der Waals surface area contributed by atoms with Crippen LogP contribution in [-0.2, 0) is 13.1 Å². The Balaban J connectivity index is 2.09. The summed E-state index contributed by atoms with van der Waals surface area (Å²) in [6.45, 7) is 7.15. The Morgan fingerprint density at radius 2 is 1.86 bits per heavy atom. The molecular weight excluding hydrogens is 268 g/mol. The quantitative estimate of drug-likeness (QED) is 0.895. The molecule has 0 aliphatic carbocycles. The van der Waals surface area contributed by atoms with E-state index in [1.54, 1.807) is 23.1 Å². The van der Waals surface area contributed by atoms with Crippen molar-refractivity contribution in [3.8, 4) is 0 Å². The van der Waals surface area contributed by atoms with Crippen LogP contribution in [0, 0.1) is 0 Å². The molecule has 114 valence electrons. The highest BCUT2D eigenvalue weighted by Gasteiger charge is 2.28. The minimum absolute atomic E-state index is 0.0886. The molecule has 5 nitrogen and oxygen atoms in total. The highest BCUT2D eigenvalue weighted by molar-refractivity contribution is 5.88. The van der Waals surface area contributed by atoms with Gasteiger partial charge in [-0.1, -0.05) is 19.9 Å². The summed E-state index contributed by atoms with van der Waals surface area (Å²) in [5, 5.41) is 12.1. The number of hydrogen-bond acceptors (Lipinski definition) is 2. The maximum Gasteiger partial charge on any atom is 0.335 e. The zero-order chi connectivity index (χ0) is 15.6. The van der Waals surface area contributed by atoms with Crippen molar-refractivity contribution >= 4 is 12.0 Å². The average Bonchev–Trinajstić information content (AvgIpc) is 2.90. The number of nitrogens with zero attached hydrogens (tertiary/aromatic N) is 1. The Morgan fingerprint density at radius 1 is 1.24 bits per heavy atom. The fourth-order valence-corrected chi connectivity index (χ4v) is 2.44. The third kappa shape index (κ3) is 3.17. The summed E-state index contributed by atoms with van der Waals surface area (Å²) < 4.78 is 0. The number of hydrogen-bond donors (Lipinski definition) is 2. The zero-order valence-electron chi connectivity index (χ0n) is 12.8. The summed E-state index contributed by atoms with van der Waals surface area (Å²) in [6.07, 6.45) is 1.75. The van der Waals surface area contributed by atoms with Crippen molar-refractivity contribution in [1.82, 2.24) is 10.2 Å². The number of amides is 2. The molecule has 1 aromatic rings. The Bertz CT molecular complexity index is 565. The standard InChI is InChI=1S/C16H22N2O3/c1-4-16(3,5-2)17-15(21)18-9-12-7-6-11(14(19)20)8-13(12)10-18/h6-8H,4-5,9-10H2,1-3H3,(H,17,21)(H,19,20). The van der Waals surface area contributed by atoms with E-state index in [0.29, 0.717) is 13.1 Å². The van der Waals surface area contributed by atoms with Gasteiger partial charge < -0.3 is 15.3 Å². The molecule has 0 fully saturated rings. The Morgan fingerprint density at radius 3 is 2.43 bits per heavy atom. The lowest BCUT2D eigenvalue weighted by Crippen LogP contribution is -2.49. The molecule has 1 aliphatic rings. The van der Waals surface area contributed by atoms with Crippen molar-refractivity contribution in [1.29, 1.82) is 0 Å². The number of aromatic carboxylic acids is 1. The minimum atomic E-state index is -0.940. The molecule has 0 saturated heterocycles. The fraction of sp³-hybridized carbons (Fsp3) is 0.500. The van der Waals surface area contributed by atoms with Gasteiger partial charge in [0.15, 0.2) is 0 Å². The molecule has 0 saturated carbocycles. The van der Waals surface area contributed by atoms with E-state index >= 15 is 0 Å². The number of carbonyl (C=O) groups excluding carboxylic acids is 1. The van der Waals surface area contributed by atoms with E-state index in [4.69, 9.17) is 5.11 Å². The molecule has 0 bridgehead atoms. The van der Waals surface area contributed by atoms with Crippen LogP contribution < -0.4 is 5.32 Å². The molecule has 1 aromatic carbocycles. The van der Waals surface area contributed by atoms with Crippen molar-refractivity contribution in [2.45, 2.75) is 52.2 Å². The third-order valence-corrected chi connectivity index (χ3v) is 4.43. The van der Waals surface area contributed by atoms with E-state index in [1.807, 2.05) is 6.92 Å². The lowest BCUT2D eigenvalue weighted by atomic mass is 9.96. The van der Waals surface area contributed by atoms with Gasteiger partial charge in [-0.15, -0.1) is 0 Å². The number of fused-ring (bicyclic) bond motifs is 1. The summed E-state index contributed by atoms with van der Waals surface area (Å²) in [4.78, 5) is 25.1. The Kier molecular flexibility index (Phi) is 4.21. The number of rotatable bonds is 4. The Labute approximate surface area is 125 Å². The normalized spacial score (nSPS) is 14.0. The lowest BCUT2D eigenvalue weighted by molar-refractivity contribution is 0.0696. The molecule has 2 N–H and O–H groups in total. The molecule has 1 heterocycles. The lowest BCUT2D eigenvalue weighted by Gasteiger charge is -2.30. The predicted octanol–water partition coefficient (Wildman–Crippen LogP) is 2.99. The number of carboxylic acids is 1. The predicted molar refractivity (Wildman–Crippen MR) is 80.2 cm³/mol. The van der Waals surface area contributed by atoms with Crippen LogP contribution in [-0.4, -0.2) is 27.5 Å². The second-order valence-electron chi connectivity index (χ2n) is 5.84. The topological polar surface area (TPSA) is 69.6 Å². The smallest absolute Gasteiger partial charge is 0.335 e. The molecule has 5 heteroatoms. The van der Waals surface area contributed by atoms with Crippen LogP contribution in [0.5, 0.6) is 0 Å². The molecule has 0 unspecified atom stereocenters. The first-order valence-electron chi connectivity index (χ1n) is 7.30. The summed E-state index contributed by atoms with van der Waals surface area (Å²) in [5.41, 5.74) is 2.01. The van der Waals surface area contributed by atoms with Crippen LogP contribution in [0.4, 0.5) is 4.79 Å². The van der Waals surface area contributed by atoms with Crippen LogP contribution in [0.25, 0.3) is 0 Å². The van der Waals surface area contributed by atoms with Gasteiger partial charge in [0.1, 0.15) is 0 Å². The highest BCUT2D eigenvalue weighted by atomic mass is 16.4. The van der Waals surface area contributed by atoms with Crippen LogP contribution >= 0.6 is 0 Å². The first-order valence-corrected chi connectivity index (χ1v) is 7.30. The molecule has 21 heavy (non-hydrogen) atoms. The van der Waals surface area contributed by atoms with Crippen molar-refractivity contribution in [3.63, 3.8) is 0 Å². The monoisotopic (exact) mass is 290 g/mol. The zero-order valence-corrected chi connectivity index (χ0v) is 12.8. The maximum atomic E-state index is 12.4. The molecule has 1 aliphatic heterocycles. The summed E-state index contributed by atoms with van der Waals surface area (Å²) in [7, 11) is 0. The largest absolute Gasteiger partial charge is 0.478 e. The van der Waals surface area contributed by atoms with Crippen LogP contribution in [0.15, 0.2) is 18.2 Å². The maximum absolute atomic E-state index is 12.4. The van der Waals surface area contributed by atoms with Gasteiger partial charge in [0.25, 0.3) is 0 Å². The fourth-order valence-electron chi connectivity index (χ4n) is 2.44.